The highest BCUT2D eigenvalue weighted by atomic mass is 35.5. The number of aliphatic hydroxyl groups excluding tert-OH is 1. The molecule has 3 atom stereocenters. The van der Waals surface area contributed by atoms with E-state index in [1.807, 2.05) is 0 Å². The summed E-state index contributed by atoms with van der Waals surface area (Å²) in [6.45, 7) is 0.404. The maximum absolute atomic E-state index is 13.1. The number of ether oxygens (including phenoxy) is 1. The van der Waals surface area contributed by atoms with Crippen molar-refractivity contribution in [2.45, 2.75) is 43.8 Å². The molecule has 1 unspecified atom stereocenters. The number of halogens is 4. The SMILES string of the molecule is CN(Cc1ccc(Cl)cc1)C(=O)[C@H]1C[C@@H](O)CN1C(=O)NC1CCOc2cc(C(F)(F)F)ccc21. The zero-order valence-corrected chi connectivity index (χ0v) is 19.6. The van der Waals surface area contributed by atoms with Gasteiger partial charge in [0.25, 0.3) is 0 Å². The summed E-state index contributed by atoms with van der Waals surface area (Å²) < 4.78 is 44.5. The third kappa shape index (κ3) is 5.65. The number of aliphatic hydroxyl groups is 1. The first kappa shape index (κ1) is 25.1. The fourth-order valence-corrected chi connectivity index (χ4v) is 4.54. The third-order valence-corrected chi connectivity index (χ3v) is 6.46. The van der Waals surface area contributed by atoms with E-state index >= 15 is 0 Å². The van der Waals surface area contributed by atoms with E-state index in [9.17, 15) is 27.9 Å². The van der Waals surface area contributed by atoms with Gasteiger partial charge in [-0.25, -0.2) is 4.79 Å². The predicted molar refractivity (Wildman–Crippen MR) is 122 cm³/mol. The highest BCUT2D eigenvalue weighted by Gasteiger charge is 2.41. The van der Waals surface area contributed by atoms with Crippen LogP contribution < -0.4 is 10.1 Å². The van der Waals surface area contributed by atoms with Gasteiger partial charge in [0, 0.05) is 43.6 Å². The van der Waals surface area contributed by atoms with Crippen LogP contribution in [0.25, 0.3) is 0 Å². The van der Waals surface area contributed by atoms with Crippen LogP contribution >= 0.6 is 11.6 Å². The largest absolute Gasteiger partial charge is 0.493 e. The number of carbonyl (C=O) groups excluding carboxylic acids is 2. The first-order valence-corrected chi connectivity index (χ1v) is 11.5. The zero-order chi connectivity index (χ0) is 25.3. The Kier molecular flexibility index (Phi) is 7.14. The summed E-state index contributed by atoms with van der Waals surface area (Å²) in [5.74, 6) is -0.262. The Balaban J connectivity index is 1.46. The number of alkyl halides is 3. The van der Waals surface area contributed by atoms with Gasteiger partial charge >= 0.3 is 12.2 Å². The normalized spacial score (nSPS) is 21.8. The molecule has 4 rings (SSSR count). The minimum atomic E-state index is -4.51. The van der Waals surface area contributed by atoms with Crippen LogP contribution in [0.3, 0.4) is 0 Å². The van der Waals surface area contributed by atoms with Crippen molar-refractivity contribution in [1.29, 1.82) is 0 Å². The molecule has 188 valence electrons. The van der Waals surface area contributed by atoms with Crippen LogP contribution in [-0.4, -0.2) is 59.2 Å². The monoisotopic (exact) mass is 511 g/mol. The van der Waals surface area contributed by atoms with Crippen molar-refractivity contribution in [3.8, 4) is 5.75 Å². The number of β-amino-alcohol motifs (C(OH)–C–C–N with tert-alkyl or cyclic N) is 1. The minimum Gasteiger partial charge on any atom is -0.493 e. The Morgan fingerprint density at radius 3 is 2.63 bits per heavy atom. The summed E-state index contributed by atoms with van der Waals surface area (Å²) in [5.41, 5.74) is 0.456. The Hall–Kier alpha value is -2.98. The first-order chi connectivity index (χ1) is 16.5. The number of amides is 3. The molecule has 0 saturated carbocycles. The minimum absolute atomic E-state index is 0.0277. The van der Waals surface area contributed by atoms with Gasteiger partial charge in [-0.2, -0.15) is 13.2 Å². The molecular formula is C24H25ClF3N3O4. The average Bonchev–Trinajstić information content (AvgIpc) is 3.21. The second kappa shape index (κ2) is 9.94. The van der Waals surface area contributed by atoms with Gasteiger partial charge in [0.15, 0.2) is 0 Å². The lowest BCUT2D eigenvalue weighted by molar-refractivity contribution is -0.137. The van der Waals surface area contributed by atoms with Crippen LogP contribution in [0, 0.1) is 0 Å². The van der Waals surface area contributed by atoms with Crippen LogP contribution in [0.4, 0.5) is 18.0 Å². The molecule has 2 aliphatic rings. The summed E-state index contributed by atoms with van der Waals surface area (Å²) >= 11 is 5.91. The number of urea groups is 1. The quantitative estimate of drug-likeness (QED) is 0.650. The standard InChI is InChI=1S/C24H25ClF3N3O4/c1-30(12-14-2-5-16(25)6-3-14)22(33)20-11-17(32)13-31(20)23(34)29-19-8-9-35-21-10-15(24(26,27)28)4-7-18(19)21/h2-7,10,17,19-20,32H,8-9,11-13H2,1H3,(H,29,34)/t17-,19?,20-/m1/s1. The third-order valence-electron chi connectivity index (χ3n) is 6.21. The number of carbonyl (C=O) groups is 2. The molecule has 7 nitrogen and oxygen atoms in total. The first-order valence-electron chi connectivity index (χ1n) is 11.1. The Morgan fingerprint density at radius 1 is 1.23 bits per heavy atom. The van der Waals surface area contributed by atoms with E-state index in [2.05, 4.69) is 5.32 Å². The van der Waals surface area contributed by atoms with Gasteiger partial charge < -0.3 is 25.0 Å². The molecule has 2 aromatic carbocycles. The number of rotatable bonds is 4. The molecular weight excluding hydrogens is 487 g/mol. The molecule has 1 saturated heterocycles. The molecule has 0 aliphatic carbocycles. The second-order valence-corrected chi connectivity index (χ2v) is 9.20. The van der Waals surface area contributed by atoms with Crippen LogP contribution in [-0.2, 0) is 17.5 Å². The number of hydrogen-bond acceptors (Lipinski definition) is 4. The number of likely N-dealkylation sites (N-methyl/N-ethyl adjacent to an activating group) is 1. The van der Waals surface area contributed by atoms with Crippen molar-refractivity contribution in [3.05, 3.63) is 64.2 Å². The Labute approximate surface area is 205 Å². The highest BCUT2D eigenvalue weighted by Crippen LogP contribution is 2.38. The van der Waals surface area contributed by atoms with E-state index in [1.165, 1.54) is 15.9 Å². The van der Waals surface area contributed by atoms with Gasteiger partial charge in [-0.3, -0.25) is 4.79 Å². The van der Waals surface area contributed by atoms with Crippen molar-refractivity contribution in [2.75, 3.05) is 20.2 Å². The van der Waals surface area contributed by atoms with Gasteiger partial charge in [0.2, 0.25) is 5.91 Å². The molecule has 0 bridgehead atoms. The van der Waals surface area contributed by atoms with Crippen molar-refractivity contribution >= 4 is 23.5 Å². The maximum Gasteiger partial charge on any atom is 0.416 e. The lowest BCUT2D eigenvalue weighted by Crippen LogP contribution is -2.50. The molecule has 1 fully saturated rings. The van der Waals surface area contributed by atoms with Crippen LogP contribution in [0.15, 0.2) is 42.5 Å². The average molecular weight is 512 g/mol. The van der Waals surface area contributed by atoms with E-state index in [-0.39, 0.29) is 31.2 Å². The van der Waals surface area contributed by atoms with Gasteiger partial charge in [-0.1, -0.05) is 29.8 Å². The number of nitrogens with one attached hydrogen (secondary N) is 1. The zero-order valence-electron chi connectivity index (χ0n) is 18.9. The van der Waals surface area contributed by atoms with E-state index in [1.54, 1.807) is 31.3 Å². The lowest BCUT2D eigenvalue weighted by atomic mass is 9.98. The highest BCUT2D eigenvalue weighted by molar-refractivity contribution is 6.30. The van der Waals surface area contributed by atoms with Gasteiger partial charge in [0.05, 0.1) is 24.3 Å². The number of likely N-dealkylation sites (tertiary alicyclic amines) is 1. The molecule has 35 heavy (non-hydrogen) atoms. The van der Waals surface area contributed by atoms with Crippen LogP contribution in [0.5, 0.6) is 5.75 Å². The molecule has 0 aromatic heterocycles. The molecule has 0 spiro atoms. The summed E-state index contributed by atoms with van der Waals surface area (Å²) in [6.07, 6.45) is -4.92. The molecule has 2 N–H and O–H groups in total. The van der Waals surface area contributed by atoms with Crippen LogP contribution in [0.1, 0.15) is 35.6 Å². The fourth-order valence-electron chi connectivity index (χ4n) is 4.42. The molecule has 2 aliphatic heterocycles. The molecule has 2 aromatic rings. The second-order valence-electron chi connectivity index (χ2n) is 8.77. The Morgan fingerprint density at radius 2 is 1.94 bits per heavy atom. The summed E-state index contributed by atoms with van der Waals surface area (Å²) in [5, 5.41) is 13.6. The van der Waals surface area contributed by atoms with E-state index in [4.69, 9.17) is 16.3 Å². The van der Waals surface area contributed by atoms with Gasteiger partial charge in [-0.05, 0) is 29.8 Å². The maximum atomic E-state index is 13.1. The number of fused-ring (bicyclic) bond motifs is 1. The Bertz CT molecular complexity index is 1100. The molecule has 11 heteroatoms. The molecule has 2 heterocycles. The predicted octanol–water partition coefficient (Wildman–Crippen LogP) is 3.99. The van der Waals surface area contributed by atoms with Gasteiger partial charge in [0.1, 0.15) is 11.8 Å². The molecule has 0 radical (unpaired) electrons. The van der Waals surface area contributed by atoms with E-state index in [0.717, 1.165) is 17.7 Å². The lowest BCUT2D eigenvalue weighted by Gasteiger charge is -2.32. The number of benzene rings is 2. The van der Waals surface area contributed by atoms with Crippen molar-refractivity contribution in [1.82, 2.24) is 15.1 Å². The summed E-state index contributed by atoms with van der Waals surface area (Å²) in [7, 11) is 1.62. The van der Waals surface area contributed by atoms with E-state index in [0.29, 0.717) is 23.6 Å². The molecule has 3 amide bonds. The van der Waals surface area contributed by atoms with Crippen molar-refractivity contribution < 1.29 is 32.6 Å². The fraction of sp³-hybridized carbons (Fsp3) is 0.417. The topological polar surface area (TPSA) is 82.1 Å². The smallest absolute Gasteiger partial charge is 0.416 e. The summed E-state index contributed by atoms with van der Waals surface area (Å²) in [4.78, 5) is 29.0. The van der Waals surface area contributed by atoms with Crippen LogP contribution in [0.2, 0.25) is 5.02 Å². The van der Waals surface area contributed by atoms with Crippen molar-refractivity contribution in [3.63, 3.8) is 0 Å². The van der Waals surface area contributed by atoms with Gasteiger partial charge in [-0.15, -0.1) is 0 Å². The van der Waals surface area contributed by atoms with Crippen molar-refractivity contribution in [2.24, 2.45) is 0 Å². The summed E-state index contributed by atoms with van der Waals surface area (Å²) in [6, 6.07) is 8.18. The van der Waals surface area contributed by atoms with E-state index < -0.39 is 36.0 Å². The number of hydrogen-bond donors (Lipinski definition) is 2. The number of nitrogens with zero attached hydrogens (tertiary/aromatic N) is 2.